The summed E-state index contributed by atoms with van der Waals surface area (Å²) in [6, 6.07) is 30.7. The maximum absolute atomic E-state index is 13.2. The lowest BCUT2D eigenvalue weighted by Crippen LogP contribution is -2.45. The molecule has 5 rings (SSSR count). The number of alkyl halides is 3. The number of halogens is 3. The lowest BCUT2D eigenvalue weighted by molar-refractivity contribution is -0.186. The monoisotopic (exact) mass is 570 g/mol. The lowest BCUT2D eigenvalue weighted by atomic mass is 9.89. The molecule has 1 aliphatic heterocycles. The van der Waals surface area contributed by atoms with Crippen LogP contribution in [0.3, 0.4) is 0 Å². The molecule has 0 radical (unpaired) electrons. The molecule has 1 aliphatic rings. The maximum atomic E-state index is 13.2. The first kappa shape index (κ1) is 28.7. The van der Waals surface area contributed by atoms with Crippen molar-refractivity contribution in [2.24, 2.45) is 0 Å². The van der Waals surface area contributed by atoms with E-state index in [1.807, 2.05) is 65.6 Å². The van der Waals surface area contributed by atoms with Gasteiger partial charge in [0.15, 0.2) is 0 Å². The second-order valence-electron chi connectivity index (χ2n) is 10.4. The van der Waals surface area contributed by atoms with Crippen LogP contribution >= 0.6 is 0 Å². The summed E-state index contributed by atoms with van der Waals surface area (Å²) in [6.45, 7) is 0.617. The van der Waals surface area contributed by atoms with Crippen molar-refractivity contribution in [1.82, 2.24) is 4.90 Å². The molecule has 1 heterocycles. The summed E-state index contributed by atoms with van der Waals surface area (Å²) in [5.41, 5.74) is 3.86. The van der Waals surface area contributed by atoms with Crippen molar-refractivity contribution in [2.75, 3.05) is 29.9 Å². The van der Waals surface area contributed by atoms with E-state index >= 15 is 0 Å². The molecule has 42 heavy (non-hydrogen) atoms. The van der Waals surface area contributed by atoms with Crippen molar-refractivity contribution in [1.29, 1.82) is 5.26 Å². The fourth-order valence-electron chi connectivity index (χ4n) is 5.45. The predicted molar refractivity (Wildman–Crippen MR) is 156 cm³/mol. The van der Waals surface area contributed by atoms with Gasteiger partial charge < -0.3 is 15.1 Å². The van der Waals surface area contributed by atoms with Crippen molar-refractivity contribution in [3.8, 4) is 6.07 Å². The number of nitrogens with zero attached hydrogens (tertiary/aromatic N) is 3. The minimum atomic E-state index is -4.85. The molecular weight excluding hydrogens is 541 g/mol. The van der Waals surface area contributed by atoms with Crippen LogP contribution in [0, 0.1) is 11.3 Å². The van der Waals surface area contributed by atoms with Crippen LogP contribution in [0.1, 0.15) is 35.4 Å². The molecule has 214 valence electrons. The third-order valence-electron chi connectivity index (χ3n) is 7.61. The largest absolute Gasteiger partial charge is 0.471 e. The first-order valence-corrected chi connectivity index (χ1v) is 13.7. The van der Waals surface area contributed by atoms with E-state index in [9.17, 15) is 28.0 Å². The van der Waals surface area contributed by atoms with Gasteiger partial charge in [-0.2, -0.15) is 18.4 Å². The first-order valence-electron chi connectivity index (χ1n) is 13.7. The number of nitrogens with one attached hydrogen (secondary N) is 1. The van der Waals surface area contributed by atoms with Gasteiger partial charge in [0.05, 0.1) is 18.2 Å². The van der Waals surface area contributed by atoms with Crippen molar-refractivity contribution in [3.05, 3.63) is 108 Å². The van der Waals surface area contributed by atoms with E-state index in [0.717, 1.165) is 32.5 Å². The highest BCUT2D eigenvalue weighted by Gasteiger charge is 2.43. The zero-order chi connectivity index (χ0) is 29.7. The summed E-state index contributed by atoms with van der Waals surface area (Å²) in [7, 11) is 0. The van der Waals surface area contributed by atoms with Crippen LogP contribution in [-0.2, 0) is 16.1 Å². The quantitative estimate of drug-likeness (QED) is 0.271. The van der Waals surface area contributed by atoms with Gasteiger partial charge in [-0.15, -0.1) is 0 Å². The molecule has 0 saturated carbocycles. The Hall–Kier alpha value is -4.84. The van der Waals surface area contributed by atoms with E-state index in [4.69, 9.17) is 0 Å². The van der Waals surface area contributed by atoms with Gasteiger partial charge in [0, 0.05) is 31.0 Å². The van der Waals surface area contributed by atoms with E-state index in [1.165, 1.54) is 0 Å². The molecule has 1 N–H and O–H groups in total. The Kier molecular flexibility index (Phi) is 8.43. The Morgan fingerprint density at radius 2 is 1.62 bits per heavy atom. The number of amides is 2. The highest BCUT2D eigenvalue weighted by molar-refractivity contribution is 5.94. The number of anilines is 2. The number of carbonyl (C=O) groups is 2. The van der Waals surface area contributed by atoms with Crippen LogP contribution in [0.15, 0.2) is 91.0 Å². The summed E-state index contributed by atoms with van der Waals surface area (Å²) in [6.07, 6.45) is -3.97. The van der Waals surface area contributed by atoms with E-state index in [2.05, 4.69) is 11.4 Å². The minimum absolute atomic E-state index is 0.0376. The minimum Gasteiger partial charge on any atom is -0.358 e. The highest BCUT2D eigenvalue weighted by Crippen LogP contribution is 2.31. The summed E-state index contributed by atoms with van der Waals surface area (Å²) < 4.78 is 38.2. The number of piperidine rings is 1. The van der Waals surface area contributed by atoms with Gasteiger partial charge in [0.1, 0.15) is 0 Å². The van der Waals surface area contributed by atoms with Gasteiger partial charge in [0.2, 0.25) is 5.91 Å². The van der Waals surface area contributed by atoms with Gasteiger partial charge in [-0.1, -0.05) is 60.7 Å². The van der Waals surface area contributed by atoms with Crippen LogP contribution in [0.5, 0.6) is 0 Å². The van der Waals surface area contributed by atoms with E-state index in [0.29, 0.717) is 30.6 Å². The average molecular weight is 571 g/mol. The third-order valence-corrected chi connectivity index (χ3v) is 7.61. The smallest absolute Gasteiger partial charge is 0.358 e. The standard InChI is InChI=1S/C33H29F3N4O2/c34-33(35,36)32(42)39-17-15-25(16-18-39)24-11-13-28(14-12-24)38-31(41)22-40(29-9-3-5-23(19-29)20-37)21-27-8-4-7-26-6-1-2-10-30(26)27/h1-14,19,25H,15-18,21-22H2,(H,38,41). The Morgan fingerprint density at radius 3 is 2.33 bits per heavy atom. The molecule has 6 nitrogen and oxygen atoms in total. The third kappa shape index (κ3) is 6.72. The van der Waals surface area contributed by atoms with Crippen molar-refractivity contribution in [3.63, 3.8) is 0 Å². The Bertz CT molecular complexity index is 1620. The fraction of sp³-hybridized carbons (Fsp3) is 0.242. The summed E-state index contributed by atoms with van der Waals surface area (Å²) in [4.78, 5) is 27.5. The fourth-order valence-corrected chi connectivity index (χ4v) is 5.45. The summed E-state index contributed by atoms with van der Waals surface area (Å²) >= 11 is 0. The molecule has 2 amide bonds. The topological polar surface area (TPSA) is 76.4 Å². The molecule has 4 aromatic rings. The maximum Gasteiger partial charge on any atom is 0.471 e. The molecule has 4 aromatic carbocycles. The summed E-state index contributed by atoms with van der Waals surface area (Å²) in [5.74, 6) is -1.98. The molecule has 0 spiro atoms. The number of nitriles is 1. The SMILES string of the molecule is N#Cc1cccc(N(CC(=O)Nc2ccc(C3CCN(C(=O)C(F)(F)F)CC3)cc2)Cc2cccc3ccccc23)c1. The molecule has 0 aliphatic carbocycles. The number of rotatable bonds is 7. The molecule has 9 heteroatoms. The molecule has 1 saturated heterocycles. The number of carbonyl (C=O) groups excluding carboxylic acids is 2. The van der Waals surface area contributed by atoms with E-state index in [1.54, 1.807) is 30.3 Å². The molecule has 0 unspecified atom stereocenters. The Balaban J connectivity index is 1.26. The Labute approximate surface area is 242 Å². The normalized spacial score (nSPS) is 13.9. The van der Waals surface area contributed by atoms with Gasteiger partial charge in [-0.3, -0.25) is 9.59 Å². The highest BCUT2D eigenvalue weighted by atomic mass is 19.4. The first-order chi connectivity index (χ1) is 20.2. The molecule has 1 fully saturated rings. The number of benzene rings is 4. The van der Waals surface area contributed by atoms with Crippen LogP contribution in [-0.4, -0.2) is 42.5 Å². The van der Waals surface area contributed by atoms with Gasteiger partial charge in [0.25, 0.3) is 0 Å². The molecule has 0 aromatic heterocycles. The molecular formula is C33H29F3N4O2. The molecule has 0 bridgehead atoms. The average Bonchev–Trinajstić information content (AvgIpc) is 3.00. The van der Waals surface area contributed by atoms with Crippen LogP contribution < -0.4 is 10.2 Å². The van der Waals surface area contributed by atoms with Crippen molar-refractivity contribution in [2.45, 2.75) is 31.5 Å². The number of hydrogen-bond donors (Lipinski definition) is 1. The van der Waals surface area contributed by atoms with E-state index in [-0.39, 0.29) is 31.5 Å². The Morgan fingerprint density at radius 1 is 0.929 bits per heavy atom. The van der Waals surface area contributed by atoms with Crippen molar-refractivity contribution < 1.29 is 22.8 Å². The second-order valence-corrected chi connectivity index (χ2v) is 10.4. The van der Waals surface area contributed by atoms with E-state index < -0.39 is 12.1 Å². The zero-order valence-electron chi connectivity index (χ0n) is 22.8. The lowest BCUT2D eigenvalue weighted by Gasteiger charge is -2.32. The number of hydrogen-bond acceptors (Lipinski definition) is 4. The molecule has 0 atom stereocenters. The van der Waals surface area contributed by atoms with Gasteiger partial charge >= 0.3 is 12.1 Å². The predicted octanol–water partition coefficient (Wildman–Crippen LogP) is 6.63. The second kappa shape index (κ2) is 12.4. The van der Waals surface area contributed by atoms with Gasteiger partial charge in [-0.25, -0.2) is 0 Å². The van der Waals surface area contributed by atoms with Crippen LogP contribution in [0.25, 0.3) is 10.8 Å². The van der Waals surface area contributed by atoms with Gasteiger partial charge in [-0.05, 0) is 71.0 Å². The zero-order valence-corrected chi connectivity index (χ0v) is 22.8. The van der Waals surface area contributed by atoms with Crippen LogP contribution in [0.2, 0.25) is 0 Å². The summed E-state index contributed by atoms with van der Waals surface area (Å²) in [5, 5.41) is 14.6. The number of fused-ring (bicyclic) bond motifs is 1. The van der Waals surface area contributed by atoms with Crippen molar-refractivity contribution >= 4 is 34.0 Å². The van der Waals surface area contributed by atoms with Crippen LogP contribution in [0.4, 0.5) is 24.5 Å². The number of likely N-dealkylation sites (tertiary alicyclic amines) is 1.